The Hall–Kier alpha value is -4.87. The van der Waals surface area contributed by atoms with Crippen LogP contribution in [0.1, 0.15) is 39.5 Å². The highest BCUT2D eigenvalue weighted by Gasteiger charge is 2.49. The van der Waals surface area contributed by atoms with E-state index in [9.17, 15) is 9.59 Å². The lowest BCUT2D eigenvalue weighted by Crippen LogP contribution is -2.58. The maximum Gasteiger partial charge on any atom is 0.325 e. The molecular formula is C45H46ClNO8. The molecule has 1 aliphatic heterocycles. The van der Waals surface area contributed by atoms with Gasteiger partial charge in [-0.25, -0.2) is 0 Å². The molecule has 0 unspecified atom stereocenters. The maximum atomic E-state index is 12.9. The number of hydrogen-bond donors (Lipinski definition) is 1. The second-order valence-corrected chi connectivity index (χ2v) is 13.7. The minimum absolute atomic E-state index is 0.0632. The van der Waals surface area contributed by atoms with Crippen LogP contribution in [0.25, 0.3) is 0 Å². The molecule has 5 atom stereocenters. The summed E-state index contributed by atoms with van der Waals surface area (Å²) in [5, 5.41) is 2.99. The molecule has 10 heteroatoms. The summed E-state index contributed by atoms with van der Waals surface area (Å²) in [6.45, 7) is 1.25. The van der Waals surface area contributed by atoms with Gasteiger partial charge in [0.05, 0.1) is 46.6 Å². The van der Waals surface area contributed by atoms with Gasteiger partial charge in [0, 0.05) is 5.02 Å². The monoisotopic (exact) mass is 763 g/mol. The van der Waals surface area contributed by atoms with Crippen molar-refractivity contribution in [3.05, 3.63) is 178 Å². The molecule has 0 spiro atoms. The average molecular weight is 764 g/mol. The SMILES string of the molecule is COC(=O)CNC(=O)Cc1cc([C@@H]2O[C@H](COCc3ccccc3)[C@@H](OCc3ccccc3)[C@H](OCc3ccccc3)[C@H]2OCc2ccccc2)ccc1Cl. The molecule has 1 fully saturated rings. The van der Waals surface area contributed by atoms with E-state index in [1.165, 1.54) is 7.11 Å². The van der Waals surface area contributed by atoms with Gasteiger partial charge in [-0.05, 0) is 39.4 Å². The molecular weight excluding hydrogens is 718 g/mol. The van der Waals surface area contributed by atoms with Crippen molar-refractivity contribution in [1.29, 1.82) is 0 Å². The molecule has 55 heavy (non-hydrogen) atoms. The summed E-state index contributed by atoms with van der Waals surface area (Å²) >= 11 is 6.66. The molecule has 0 saturated carbocycles. The van der Waals surface area contributed by atoms with E-state index < -0.39 is 36.5 Å². The molecule has 5 aromatic rings. The average Bonchev–Trinajstić information content (AvgIpc) is 3.23. The molecule has 1 heterocycles. The lowest BCUT2D eigenvalue weighted by molar-refractivity contribution is -0.275. The third-order valence-corrected chi connectivity index (χ3v) is 9.66. The van der Waals surface area contributed by atoms with Crippen LogP contribution in [0.2, 0.25) is 5.02 Å². The molecule has 1 saturated heterocycles. The van der Waals surface area contributed by atoms with Crippen LogP contribution >= 0.6 is 11.6 Å². The van der Waals surface area contributed by atoms with E-state index in [2.05, 4.69) is 10.1 Å². The van der Waals surface area contributed by atoms with Crippen LogP contribution in [-0.2, 0) is 70.9 Å². The lowest BCUT2D eigenvalue weighted by atomic mass is 9.89. The minimum Gasteiger partial charge on any atom is -0.468 e. The smallest absolute Gasteiger partial charge is 0.325 e. The van der Waals surface area contributed by atoms with E-state index >= 15 is 0 Å². The van der Waals surface area contributed by atoms with Crippen LogP contribution in [0.5, 0.6) is 0 Å². The van der Waals surface area contributed by atoms with E-state index in [1.54, 1.807) is 6.07 Å². The first-order valence-corrected chi connectivity index (χ1v) is 18.7. The number of methoxy groups -OCH3 is 1. The molecule has 286 valence electrons. The Kier molecular flexibility index (Phi) is 15.0. The molecule has 1 aliphatic rings. The van der Waals surface area contributed by atoms with Gasteiger partial charge in [0.25, 0.3) is 0 Å². The minimum atomic E-state index is -0.680. The third-order valence-electron chi connectivity index (χ3n) is 9.29. The van der Waals surface area contributed by atoms with E-state index in [0.29, 0.717) is 30.4 Å². The first kappa shape index (κ1) is 39.8. The second-order valence-electron chi connectivity index (χ2n) is 13.3. The molecule has 1 N–H and O–H groups in total. The summed E-state index contributed by atoms with van der Waals surface area (Å²) < 4.78 is 38.5. The van der Waals surface area contributed by atoms with Crippen LogP contribution in [0, 0.1) is 0 Å². The number of hydrogen-bond acceptors (Lipinski definition) is 8. The van der Waals surface area contributed by atoms with Gasteiger partial charge < -0.3 is 33.7 Å². The Bertz CT molecular complexity index is 1920. The van der Waals surface area contributed by atoms with Crippen molar-refractivity contribution in [2.45, 2.75) is 63.4 Å². The molecule has 0 radical (unpaired) electrons. The van der Waals surface area contributed by atoms with Crippen molar-refractivity contribution >= 4 is 23.5 Å². The topological polar surface area (TPSA) is 102 Å². The molecule has 0 aromatic heterocycles. The number of halogens is 1. The number of carbonyl (C=O) groups is 2. The number of esters is 1. The summed E-state index contributed by atoms with van der Waals surface area (Å²) in [7, 11) is 1.27. The second kappa shape index (κ2) is 20.7. The zero-order chi connectivity index (χ0) is 38.2. The molecule has 5 aromatic carbocycles. The highest BCUT2D eigenvalue weighted by molar-refractivity contribution is 6.31. The molecule has 9 nitrogen and oxygen atoms in total. The zero-order valence-corrected chi connectivity index (χ0v) is 31.5. The normalized spacial score (nSPS) is 19.4. The van der Waals surface area contributed by atoms with Crippen LogP contribution in [0.4, 0.5) is 0 Å². The van der Waals surface area contributed by atoms with Gasteiger partial charge in [0.15, 0.2) is 0 Å². The first-order valence-electron chi connectivity index (χ1n) is 18.3. The fraction of sp³-hybridized carbons (Fsp3) is 0.289. The summed E-state index contributed by atoms with van der Waals surface area (Å²) in [4.78, 5) is 24.6. The lowest BCUT2D eigenvalue weighted by Gasteiger charge is -2.46. The van der Waals surface area contributed by atoms with Crippen LogP contribution in [0.15, 0.2) is 140 Å². The molecule has 0 aliphatic carbocycles. The van der Waals surface area contributed by atoms with Crippen LogP contribution in [-0.4, -0.2) is 56.6 Å². The van der Waals surface area contributed by atoms with Crippen molar-refractivity contribution < 1.29 is 38.0 Å². The van der Waals surface area contributed by atoms with E-state index in [4.69, 9.17) is 35.3 Å². The number of rotatable bonds is 18. The molecule has 1 amide bonds. The summed E-state index contributed by atoms with van der Waals surface area (Å²) in [6.07, 6.45) is -3.23. The van der Waals surface area contributed by atoms with Gasteiger partial charge in [-0.15, -0.1) is 0 Å². The predicted octanol–water partition coefficient (Wildman–Crippen LogP) is 7.58. The van der Waals surface area contributed by atoms with E-state index in [-0.39, 0.29) is 32.1 Å². The highest BCUT2D eigenvalue weighted by atomic mass is 35.5. The Morgan fingerprint density at radius 2 is 1.13 bits per heavy atom. The van der Waals surface area contributed by atoms with Crippen molar-refractivity contribution in [2.24, 2.45) is 0 Å². The van der Waals surface area contributed by atoms with Crippen molar-refractivity contribution in [1.82, 2.24) is 5.32 Å². The largest absolute Gasteiger partial charge is 0.468 e. The maximum absolute atomic E-state index is 12.9. The van der Waals surface area contributed by atoms with Crippen molar-refractivity contribution in [3.63, 3.8) is 0 Å². The van der Waals surface area contributed by atoms with Gasteiger partial charge >= 0.3 is 5.97 Å². The Labute approximate surface area is 327 Å². The highest BCUT2D eigenvalue weighted by Crippen LogP contribution is 2.39. The Morgan fingerprint density at radius 3 is 1.65 bits per heavy atom. The Morgan fingerprint density at radius 1 is 0.636 bits per heavy atom. The predicted molar refractivity (Wildman–Crippen MR) is 209 cm³/mol. The van der Waals surface area contributed by atoms with Gasteiger partial charge in [0.1, 0.15) is 37.1 Å². The fourth-order valence-electron chi connectivity index (χ4n) is 6.44. The van der Waals surface area contributed by atoms with Gasteiger partial charge in [0.2, 0.25) is 5.91 Å². The fourth-order valence-corrected chi connectivity index (χ4v) is 6.63. The summed E-state index contributed by atoms with van der Waals surface area (Å²) in [5.41, 5.74) is 5.32. The van der Waals surface area contributed by atoms with Crippen LogP contribution < -0.4 is 5.32 Å². The van der Waals surface area contributed by atoms with Crippen molar-refractivity contribution in [3.8, 4) is 0 Å². The van der Waals surface area contributed by atoms with Gasteiger partial charge in [-0.3, -0.25) is 9.59 Å². The molecule has 0 bridgehead atoms. The van der Waals surface area contributed by atoms with E-state index in [1.807, 2.05) is 133 Å². The number of nitrogens with one attached hydrogen (secondary N) is 1. The summed E-state index contributed by atoms with van der Waals surface area (Å²) in [6, 6.07) is 45.3. The number of amides is 1. The van der Waals surface area contributed by atoms with Crippen molar-refractivity contribution in [2.75, 3.05) is 20.3 Å². The quantitative estimate of drug-likeness (QED) is 0.0913. The number of benzene rings is 5. The zero-order valence-electron chi connectivity index (χ0n) is 30.8. The Balaban J connectivity index is 1.36. The number of ether oxygens (including phenoxy) is 6. The van der Waals surface area contributed by atoms with Gasteiger partial charge in [-0.2, -0.15) is 0 Å². The van der Waals surface area contributed by atoms with Gasteiger partial charge in [-0.1, -0.05) is 145 Å². The first-order chi connectivity index (χ1) is 27.0. The van der Waals surface area contributed by atoms with E-state index in [0.717, 1.165) is 27.8 Å². The summed E-state index contributed by atoms with van der Waals surface area (Å²) in [5.74, 6) is -0.926. The molecule has 6 rings (SSSR count). The standard InChI is InChI=1S/C45H46ClNO8/c1-50-41(49)26-47-40(48)25-37-24-36(22-23-38(37)46)42-44(53-29-34-18-10-4-11-19-34)45(54-30-35-20-12-5-13-21-35)43(52-28-33-16-8-3-9-17-33)39(55-42)31-51-27-32-14-6-2-7-15-32/h2-24,39,42-45H,25-31H2,1H3,(H,47,48)/t39-,42+,43-,44+,45+/m1/s1. The van der Waals surface area contributed by atoms with Crippen LogP contribution in [0.3, 0.4) is 0 Å². The third kappa shape index (κ3) is 11.8. The number of carbonyl (C=O) groups excluding carboxylic acids is 2.